The van der Waals surface area contributed by atoms with Gasteiger partial charge in [0, 0.05) is 25.7 Å². The number of halogens is 1. The summed E-state index contributed by atoms with van der Waals surface area (Å²) in [6.07, 6.45) is 1.22. The minimum Gasteiger partial charge on any atom is -0.312 e. The monoisotopic (exact) mass is 342 g/mol. The molecule has 20 heavy (non-hydrogen) atoms. The fraction of sp³-hybridized carbons (Fsp3) is 0.800. The zero-order valence-electron chi connectivity index (χ0n) is 13.1. The second kappa shape index (κ2) is 7.05. The lowest BCUT2D eigenvalue weighted by molar-refractivity contribution is 0.232. The molecule has 1 aromatic rings. The van der Waals surface area contributed by atoms with Crippen molar-refractivity contribution in [1.29, 1.82) is 0 Å². The summed E-state index contributed by atoms with van der Waals surface area (Å²) in [4.78, 5) is 2.57. The molecule has 5 heteroatoms. The van der Waals surface area contributed by atoms with E-state index in [1.807, 2.05) is 0 Å². The number of rotatable bonds is 4. The Morgan fingerprint density at radius 2 is 2.20 bits per heavy atom. The lowest BCUT2D eigenvalue weighted by atomic mass is 10.0. The van der Waals surface area contributed by atoms with Crippen LogP contribution in [0.15, 0.2) is 4.47 Å². The molecular formula is C15H27BrN4. The molecule has 4 nitrogen and oxygen atoms in total. The van der Waals surface area contributed by atoms with Crippen molar-refractivity contribution >= 4 is 15.9 Å². The van der Waals surface area contributed by atoms with E-state index < -0.39 is 0 Å². The van der Waals surface area contributed by atoms with E-state index in [4.69, 9.17) is 0 Å². The predicted octanol–water partition coefficient (Wildman–Crippen LogP) is 2.79. The summed E-state index contributed by atoms with van der Waals surface area (Å²) in [6.45, 7) is 14.2. The molecular weight excluding hydrogens is 316 g/mol. The van der Waals surface area contributed by atoms with Crippen LogP contribution in [0.3, 0.4) is 0 Å². The molecule has 114 valence electrons. The van der Waals surface area contributed by atoms with Crippen LogP contribution in [0.1, 0.15) is 38.6 Å². The third-order valence-electron chi connectivity index (χ3n) is 4.14. The highest BCUT2D eigenvalue weighted by Crippen LogP contribution is 2.23. The molecule has 1 unspecified atom stereocenters. The summed E-state index contributed by atoms with van der Waals surface area (Å²) in [6, 6.07) is 0.593. The van der Waals surface area contributed by atoms with Crippen LogP contribution in [0.5, 0.6) is 0 Å². The van der Waals surface area contributed by atoms with Crippen LogP contribution in [0.2, 0.25) is 0 Å². The molecule has 0 spiro atoms. The Hall–Kier alpha value is -0.390. The van der Waals surface area contributed by atoms with Crippen molar-refractivity contribution < 1.29 is 0 Å². The van der Waals surface area contributed by atoms with Gasteiger partial charge < -0.3 is 5.32 Å². The first-order valence-corrected chi connectivity index (χ1v) is 8.49. The Balaban J connectivity index is 2.12. The average Bonchev–Trinajstić information content (AvgIpc) is 2.61. The SMILES string of the molecule is CCn1nc(C)c(Br)c1CN1CCCNC(C(C)C)C1. The van der Waals surface area contributed by atoms with Gasteiger partial charge in [0.2, 0.25) is 0 Å². The maximum Gasteiger partial charge on any atom is 0.0739 e. The minimum atomic E-state index is 0.593. The van der Waals surface area contributed by atoms with Gasteiger partial charge >= 0.3 is 0 Å². The van der Waals surface area contributed by atoms with Crippen molar-refractivity contribution in [1.82, 2.24) is 20.0 Å². The molecule has 1 fully saturated rings. The van der Waals surface area contributed by atoms with Gasteiger partial charge in [0.25, 0.3) is 0 Å². The van der Waals surface area contributed by atoms with E-state index in [1.54, 1.807) is 0 Å². The molecule has 1 aliphatic heterocycles. The molecule has 1 N–H and O–H groups in total. The molecule has 1 atom stereocenters. The zero-order valence-corrected chi connectivity index (χ0v) is 14.7. The van der Waals surface area contributed by atoms with E-state index in [0.717, 1.165) is 38.4 Å². The van der Waals surface area contributed by atoms with Crippen LogP contribution in [0.25, 0.3) is 0 Å². The Bertz CT molecular complexity index is 441. The Morgan fingerprint density at radius 1 is 1.45 bits per heavy atom. The van der Waals surface area contributed by atoms with Gasteiger partial charge in [-0.3, -0.25) is 9.58 Å². The summed E-state index contributed by atoms with van der Waals surface area (Å²) in [5.74, 6) is 0.678. The van der Waals surface area contributed by atoms with E-state index in [2.05, 4.69) is 63.6 Å². The summed E-state index contributed by atoms with van der Waals surface area (Å²) in [5.41, 5.74) is 2.41. The first-order valence-electron chi connectivity index (χ1n) is 7.70. The quantitative estimate of drug-likeness (QED) is 0.913. The second-order valence-electron chi connectivity index (χ2n) is 6.06. The van der Waals surface area contributed by atoms with Gasteiger partial charge in [0.05, 0.1) is 15.9 Å². The Labute approximate surface area is 131 Å². The van der Waals surface area contributed by atoms with E-state index in [0.29, 0.717) is 12.0 Å². The fourth-order valence-electron chi connectivity index (χ4n) is 2.85. The van der Waals surface area contributed by atoms with Gasteiger partial charge in [0.15, 0.2) is 0 Å². The summed E-state index contributed by atoms with van der Waals surface area (Å²) >= 11 is 3.71. The topological polar surface area (TPSA) is 33.1 Å². The maximum atomic E-state index is 4.60. The van der Waals surface area contributed by atoms with E-state index >= 15 is 0 Å². The molecule has 0 radical (unpaired) electrons. The number of nitrogens with one attached hydrogen (secondary N) is 1. The normalized spacial score (nSPS) is 21.4. The first-order chi connectivity index (χ1) is 9.52. The largest absolute Gasteiger partial charge is 0.312 e. The zero-order chi connectivity index (χ0) is 14.7. The van der Waals surface area contributed by atoms with Crippen LogP contribution in [0.4, 0.5) is 0 Å². The second-order valence-corrected chi connectivity index (χ2v) is 6.85. The van der Waals surface area contributed by atoms with Gasteiger partial charge in [-0.25, -0.2) is 0 Å². The Kier molecular flexibility index (Phi) is 5.64. The van der Waals surface area contributed by atoms with Crippen LogP contribution in [0, 0.1) is 12.8 Å². The highest BCUT2D eigenvalue weighted by molar-refractivity contribution is 9.10. The third kappa shape index (κ3) is 3.62. The van der Waals surface area contributed by atoms with Crippen molar-refractivity contribution in [2.24, 2.45) is 5.92 Å². The van der Waals surface area contributed by atoms with Crippen LogP contribution in [-0.2, 0) is 13.1 Å². The van der Waals surface area contributed by atoms with E-state index in [-0.39, 0.29) is 0 Å². The molecule has 1 aromatic heterocycles. The van der Waals surface area contributed by atoms with Gasteiger partial charge in [0.1, 0.15) is 0 Å². The van der Waals surface area contributed by atoms with Crippen molar-refractivity contribution in [3.8, 4) is 0 Å². The van der Waals surface area contributed by atoms with Gasteiger partial charge in [-0.1, -0.05) is 13.8 Å². The molecule has 0 saturated carbocycles. The summed E-state index contributed by atoms with van der Waals surface area (Å²) in [7, 11) is 0. The third-order valence-corrected chi connectivity index (χ3v) is 5.17. The van der Waals surface area contributed by atoms with Crippen LogP contribution < -0.4 is 5.32 Å². The van der Waals surface area contributed by atoms with Gasteiger partial charge in [-0.05, 0) is 55.2 Å². The van der Waals surface area contributed by atoms with Crippen molar-refractivity contribution in [3.05, 3.63) is 15.9 Å². The molecule has 0 aromatic carbocycles. The summed E-state index contributed by atoms with van der Waals surface area (Å²) in [5, 5.41) is 8.27. The van der Waals surface area contributed by atoms with Gasteiger partial charge in [-0.2, -0.15) is 5.10 Å². The van der Waals surface area contributed by atoms with Crippen molar-refractivity contribution in [2.45, 2.75) is 53.2 Å². The number of hydrogen-bond acceptors (Lipinski definition) is 3. The number of aromatic nitrogens is 2. The lowest BCUT2D eigenvalue weighted by Gasteiger charge is -2.27. The number of nitrogens with zero attached hydrogens (tertiary/aromatic N) is 3. The highest BCUT2D eigenvalue weighted by Gasteiger charge is 2.22. The molecule has 1 aliphatic rings. The summed E-state index contributed by atoms with van der Waals surface area (Å²) < 4.78 is 3.31. The van der Waals surface area contributed by atoms with E-state index in [1.165, 1.54) is 16.6 Å². The average molecular weight is 343 g/mol. The lowest BCUT2D eigenvalue weighted by Crippen LogP contribution is -2.41. The number of aryl methyl sites for hydroxylation is 2. The smallest absolute Gasteiger partial charge is 0.0739 e. The Morgan fingerprint density at radius 3 is 2.85 bits per heavy atom. The molecule has 2 heterocycles. The molecule has 1 saturated heterocycles. The molecule has 0 aliphatic carbocycles. The fourth-order valence-corrected chi connectivity index (χ4v) is 3.26. The standard InChI is InChI=1S/C15H27BrN4/c1-5-20-14(15(16)12(4)18-20)10-19-8-6-7-17-13(9-19)11(2)3/h11,13,17H,5-10H2,1-4H3. The van der Waals surface area contributed by atoms with E-state index in [9.17, 15) is 0 Å². The van der Waals surface area contributed by atoms with Crippen LogP contribution >= 0.6 is 15.9 Å². The molecule has 0 amide bonds. The van der Waals surface area contributed by atoms with Crippen molar-refractivity contribution in [2.75, 3.05) is 19.6 Å². The van der Waals surface area contributed by atoms with Crippen molar-refractivity contribution in [3.63, 3.8) is 0 Å². The molecule has 2 rings (SSSR count). The first kappa shape index (κ1) is 16.0. The van der Waals surface area contributed by atoms with Gasteiger partial charge in [-0.15, -0.1) is 0 Å². The number of hydrogen-bond donors (Lipinski definition) is 1. The maximum absolute atomic E-state index is 4.60. The molecule has 0 bridgehead atoms. The minimum absolute atomic E-state index is 0.593. The predicted molar refractivity (Wildman–Crippen MR) is 86.9 cm³/mol. The van der Waals surface area contributed by atoms with Crippen LogP contribution in [-0.4, -0.2) is 40.4 Å². The highest BCUT2D eigenvalue weighted by atomic mass is 79.9.